The molecule has 3 aromatic rings. The number of carbonyl (C=O) groups excluding carboxylic acids is 2. The Morgan fingerprint density at radius 1 is 1.11 bits per heavy atom. The monoisotopic (exact) mass is 396 g/mol. The van der Waals surface area contributed by atoms with Gasteiger partial charge in [0.15, 0.2) is 0 Å². The van der Waals surface area contributed by atoms with Gasteiger partial charge in [0.1, 0.15) is 12.4 Å². The van der Waals surface area contributed by atoms with Gasteiger partial charge in [-0.1, -0.05) is 18.2 Å². The van der Waals surface area contributed by atoms with E-state index in [1.807, 2.05) is 51.2 Å². The third-order valence-electron chi connectivity index (χ3n) is 5.09. The Morgan fingerprint density at radius 3 is 2.71 bits per heavy atom. The van der Waals surface area contributed by atoms with Crippen LogP contribution >= 0.6 is 11.3 Å². The van der Waals surface area contributed by atoms with Gasteiger partial charge in [-0.15, -0.1) is 11.3 Å². The maximum Gasteiger partial charge on any atom is 0.261 e. The molecule has 0 radical (unpaired) electrons. The number of para-hydroxylation sites is 2. The molecule has 1 aliphatic rings. The number of hydrogen-bond acceptors (Lipinski definition) is 4. The molecule has 1 fully saturated rings. The fraction of sp³-hybridized carbons (Fsp3) is 0.381. The number of hydrogen-bond donors (Lipinski definition) is 1. The van der Waals surface area contributed by atoms with Crippen molar-refractivity contribution in [3.63, 3.8) is 0 Å². The van der Waals surface area contributed by atoms with Crippen molar-refractivity contribution >= 4 is 34.2 Å². The summed E-state index contributed by atoms with van der Waals surface area (Å²) in [5.74, 6) is 1.03. The molecule has 2 aromatic heterocycles. The SMILES string of the molecule is O=C(NCCCc1nc2ccccc2n1CC(=O)N1CCCC1)c1cccs1. The summed E-state index contributed by atoms with van der Waals surface area (Å²) in [5, 5.41) is 4.85. The molecular weight excluding hydrogens is 372 g/mol. The van der Waals surface area contributed by atoms with Crippen LogP contribution in [0.1, 0.15) is 34.8 Å². The zero-order chi connectivity index (χ0) is 19.3. The normalized spacial score (nSPS) is 13.9. The van der Waals surface area contributed by atoms with Crippen LogP contribution in [0.15, 0.2) is 41.8 Å². The lowest BCUT2D eigenvalue weighted by atomic mass is 10.3. The first-order valence-electron chi connectivity index (χ1n) is 9.76. The standard InChI is InChI=1S/C21H24N4O2S/c26-20(24-12-3-4-13-24)15-25-17-8-2-1-7-16(17)23-19(25)10-5-11-22-21(27)18-9-6-14-28-18/h1-2,6-9,14H,3-5,10-13,15H2,(H,22,27). The van der Waals surface area contributed by atoms with Crippen molar-refractivity contribution < 1.29 is 9.59 Å². The van der Waals surface area contributed by atoms with Crippen LogP contribution in [0.3, 0.4) is 0 Å². The molecule has 0 saturated carbocycles. The minimum absolute atomic E-state index is 0.0345. The number of likely N-dealkylation sites (tertiary alicyclic amines) is 1. The van der Waals surface area contributed by atoms with Gasteiger partial charge in [0.05, 0.1) is 15.9 Å². The van der Waals surface area contributed by atoms with Crippen molar-refractivity contribution in [3.05, 3.63) is 52.5 Å². The number of fused-ring (bicyclic) bond motifs is 1. The first-order valence-corrected chi connectivity index (χ1v) is 10.6. The van der Waals surface area contributed by atoms with Gasteiger partial charge < -0.3 is 14.8 Å². The van der Waals surface area contributed by atoms with E-state index in [-0.39, 0.29) is 11.8 Å². The molecule has 0 unspecified atom stereocenters. The lowest BCUT2D eigenvalue weighted by Gasteiger charge is -2.17. The highest BCUT2D eigenvalue weighted by atomic mass is 32.1. The first-order chi connectivity index (χ1) is 13.7. The Bertz CT molecular complexity index is 958. The van der Waals surface area contributed by atoms with Crippen molar-refractivity contribution in [2.24, 2.45) is 0 Å². The molecule has 28 heavy (non-hydrogen) atoms. The van der Waals surface area contributed by atoms with Gasteiger partial charge in [-0.3, -0.25) is 9.59 Å². The van der Waals surface area contributed by atoms with E-state index in [9.17, 15) is 9.59 Å². The summed E-state index contributed by atoms with van der Waals surface area (Å²) in [7, 11) is 0. The Hall–Kier alpha value is -2.67. The molecule has 1 aromatic carbocycles. The Kier molecular flexibility index (Phi) is 5.71. The van der Waals surface area contributed by atoms with Crippen molar-refractivity contribution in [1.29, 1.82) is 0 Å². The van der Waals surface area contributed by atoms with Crippen molar-refractivity contribution in [2.45, 2.75) is 32.2 Å². The zero-order valence-corrected chi connectivity index (χ0v) is 16.6. The van der Waals surface area contributed by atoms with Gasteiger partial charge in [-0.25, -0.2) is 4.98 Å². The van der Waals surface area contributed by atoms with Gasteiger partial charge in [0, 0.05) is 26.1 Å². The number of nitrogens with zero attached hydrogens (tertiary/aromatic N) is 3. The number of benzene rings is 1. The number of carbonyl (C=O) groups is 2. The van der Waals surface area contributed by atoms with Gasteiger partial charge in [0.2, 0.25) is 5.91 Å². The summed E-state index contributed by atoms with van der Waals surface area (Å²) >= 11 is 1.44. The maximum atomic E-state index is 12.7. The minimum atomic E-state index is -0.0345. The number of amides is 2. The van der Waals surface area contributed by atoms with E-state index in [4.69, 9.17) is 4.98 Å². The summed E-state index contributed by atoms with van der Waals surface area (Å²) in [6.45, 7) is 2.63. The number of aryl methyl sites for hydroxylation is 1. The molecule has 7 heteroatoms. The highest BCUT2D eigenvalue weighted by Gasteiger charge is 2.20. The fourth-order valence-electron chi connectivity index (χ4n) is 3.64. The topological polar surface area (TPSA) is 67.2 Å². The molecule has 0 atom stereocenters. The van der Waals surface area contributed by atoms with E-state index in [0.717, 1.165) is 54.1 Å². The number of imidazole rings is 1. The van der Waals surface area contributed by atoms with Gasteiger partial charge in [-0.05, 0) is 42.8 Å². The molecular formula is C21H24N4O2S. The maximum absolute atomic E-state index is 12.7. The lowest BCUT2D eigenvalue weighted by Crippen LogP contribution is -2.31. The number of rotatable bonds is 7. The zero-order valence-electron chi connectivity index (χ0n) is 15.8. The average molecular weight is 397 g/mol. The predicted octanol–water partition coefficient (Wildman–Crippen LogP) is 3.08. The van der Waals surface area contributed by atoms with E-state index in [1.165, 1.54) is 11.3 Å². The third kappa shape index (κ3) is 4.09. The molecule has 1 saturated heterocycles. The van der Waals surface area contributed by atoms with E-state index < -0.39 is 0 Å². The second-order valence-corrected chi connectivity index (χ2v) is 7.98. The molecule has 1 N–H and O–H groups in total. The molecule has 4 rings (SSSR count). The fourth-order valence-corrected chi connectivity index (χ4v) is 4.28. The summed E-state index contributed by atoms with van der Waals surface area (Å²) in [4.78, 5) is 32.1. The quantitative estimate of drug-likeness (QED) is 0.624. The number of nitrogens with one attached hydrogen (secondary N) is 1. The van der Waals surface area contributed by atoms with Crippen LogP contribution in [0.25, 0.3) is 11.0 Å². The van der Waals surface area contributed by atoms with Crippen molar-refractivity contribution in [2.75, 3.05) is 19.6 Å². The van der Waals surface area contributed by atoms with Gasteiger partial charge in [-0.2, -0.15) is 0 Å². The minimum Gasteiger partial charge on any atom is -0.351 e. The summed E-state index contributed by atoms with van der Waals surface area (Å²) in [6.07, 6.45) is 3.67. The highest BCUT2D eigenvalue weighted by molar-refractivity contribution is 7.12. The van der Waals surface area contributed by atoms with Crippen LogP contribution in [-0.2, 0) is 17.8 Å². The first kappa shape index (κ1) is 18.7. The van der Waals surface area contributed by atoms with Crippen LogP contribution in [0.4, 0.5) is 0 Å². The largest absolute Gasteiger partial charge is 0.351 e. The molecule has 1 aliphatic heterocycles. The molecule has 0 aliphatic carbocycles. The van der Waals surface area contributed by atoms with Gasteiger partial charge in [0.25, 0.3) is 5.91 Å². The van der Waals surface area contributed by atoms with Crippen molar-refractivity contribution in [3.8, 4) is 0 Å². The Labute approximate surface area is 168 Å². The Balaban J connectivity index is 1.42. The third-order valence-corrected chi connectivity index (χ3v) is 5.96. The Morgan fingerprint density at radius 2 is 1.93 bits per heavy atom. The van der Waals surface area contributed by atoms with Crippen LogP contribution in [0, 0.1) is 0 Å². The van der Waals surface area contributed by atoms with Crippen LogP contribution < -0.4 is 5.32 Å². The molecule has 2 amide bonds. The van der Waals surface area contributed by atoms with E-state index in [1.54, 1.807) is 0 Å². The number of thiophene rings is 1. The second-order valence-electron chi connectivity index (χ2n) is 7.03. The molecule has 0 spiro atoms. The second kappa shape index (κ2) is 8.56. The molecule has 6 nitrogen and oxygen atoms in total. The summed E-state index contributed by atoms with van der Waals surface area (Å²) in [6, 6.07) is 11.6. The smallest absolute Gasteiger partial charge is 0.261 e. The van der Waals surface area contributed by atoms with E-state index >= 15 is 0 Å². The molecule has 3 heterocycles. The van der Waals surface area contributed by atoms with Crippen LogP contribution in [0.2, 0.25) is 0 Å². The molecule has 146 valence electrons. The molecule has 0 bridgehead atoms. The van der Waals surface area contributed by atoms with Crippen molar-refractivity contribution in [1.82, 2.24) is 19.8 Å². The number of aromatic nitrogens is 2. The van der Waals surface area contributed by atoms with Crippen LogP contribution in [-0.4, -0.2) is 45.9 Å². The van der Waals surface area contributed by atoms with Gasteiger partial charge >= 0.3 is 0 Å². The van der Waals surface area contributed by atoms with E-state index in [0.29, 0.717) is 19.5 Å². The lowest BCUT2D eigenvalue weighted by molar-refractivity contribution is -0.130. The summed E-state index contributed by atoms with van der Waals surface area (Å²) < 4.78 is 2.04. The predicted molar refractivity (Wildman–Crippen MR) is 111 cm³/mol. The average Bonchev–Trinajstić information content (AvgIpc) is 3.46. The van der Waals surface area contributed by atoms with E-state index in [2.05, 4.69) is 5.32 Å². The highest BCUT2D eigenvalue weighted by Crippen LogP contribution is 2.18. The van der Waals surface area contributed by atoms with Crippen LogP contribution in [0.5, 0.6) is 0 Å². The summed E-state index contributed by atoms with van der Waals surface area (Å²) in [5.41, 5.74) is 1.90.